The third-order valence-electron chi connectivity index (χ3n) is 5.99. The summed E-state index contributed by atoms with van der Waals surface area (Å²) in [6, 6.07) is 5.50. The van der Waals surface area contributed by atoms with Gasteiger partial charge < -0.3 is 9.64 Å². The predicted octanol–water partition coefficient (Wildman–Crippen LogP) is 4.69. The Morgan fingerprint density at radius 3 is 2.69 bits per heavy atom. The molecule has 6 nitrogen and oxygen atoms in total. The van der Waals surface area contributed by atoms with Gasteiger partial charge in [-0.25, -0.2) is 9.97 Å². The first-order valence-corrected chi connectivity index (χ1v) is 11.1. The van der Waals surface area contributed by atoms with Crippen LogP contribution in [0.2, 0.25) is 0 Å². The van der Waals surface area contributed by atoms with E-state index in [2.05, 4.69) is 15.0 Å². The fourth-order valence-electron chi connectivity index (χ4n) is 4.51. The molecule has 0 unspecified atom stereocenters. The highest BCUT2D eigenvalue weighted by molar-refractivity contribution is 7.13. The summed E-state index contributed by atoms with van der Waals surface area (Å²) in [7, 11) is 0. The number of ether oxygens (including phenoxy) is 1. The summed E-state index contributed by atoms with van der Waals surface area (Å²) >= 11 is 1.42. The lowest BCUT2D eigenvalue weighted by atomic mass is 9.77. The second-order valence-electron chi connectivity index (χ2n) is 7.98. The molecule has 2 saturated heterocycles. The number of hydrogen-bond donors (Lipinski definition) is 0. The van der Waals surface area contributed by atoms with E-state index in [9.17, 15) is 18.0 Å². The Labute approximate surface area is 186 Å². The quantitative estimate of drug-likeness (QED) is 0.565. The van der Waals surface area contributed by atoms with E-state index in [4.69, 9.17) is 4.74 Å². The molecule has 0 radical (unpaired) electrons. The maximum atomic E-state index is 13.5. The number of nitrogens with zero attached hydrogens (tertiary/aromatic N) is 4. The highest BCUT2D eigenvalue weighted by Gasteiger charge is 2.45. The number of rotatable bonds is 4. The van der Waals surface area contributed by atoms with Crippen molar-refractivity contribution in [2.24, 2.45) is 5.92 Å². The molecule has 2 bridgehead atoms. The van der Waals surface area contributed by atoms with Crippen molar-refractivity contribution in [3.8, 4) is 16.6 Å². The van der Waals surface area contributed by atoms with Crippen LogP contribution in [0.25, 0.3) is 10.7 Å². The van der Waals surface area contributed by atoms with Gasteiger partial charge in [-0.1, -0.05) is 0 Å². The Kier molecular flexibility index (Phi) is 5.32. The van der Waals surface area contributed by atoms with Crippen molar-refractivity contribution in [1.82, 2.24) is 19.9 Å². The number of fused-ring (bicyclic) bond motifs is 3. The zero-order valence-corrected chi connectivity index (χ0v) is 17.6. The van der Waals surface area contributed by atoms with E-state index in [-0.39, 0.29) is 29.9 Å². The highest BCUT2D eigenvalue weighted by Crippen LogP contribution is 2.39. The number of carbonyl (C=O) groups excluding carboxylic acids is 1. The van der Waals surface area contributed by atoms with Gasteiger partial charge in [-0.05, 0) is 43.4 Å². The minimum absolute atomic E-state index is 0.132. The van der Waals surface area contributed by atoms with Crippen LogP contribution in [0.3, 0.4) is 0 Å². The number of pyridine rings is 2. The molecule has 1 amide bonds. The lowest BCUT2D eigenvalue weighted by Crippen LogP contribution is -2.59. The minimum Gasteiger partial charge on any atom is -0.472 e. The standard InChI is InChI=1S/C22H19F3N4O2S/c23-22(24,25)14-4-6-18(28-11-14)31-17-10-13-3-5-16(17)29(12-13)21(30)15-2-1-7-26-19(15)20-27-8-9-32-20/h1-2,4,6-9,11,13,16-17H,3,5,10,12H2/t13-,16-,17+/m0/s1. The Morgan fingerprint density at radius 2 is 2.00 bits per heavy atom. The molecule has 0 aromatic carbocycles. The number of piperidine rings is 2. The zero-order valence-electron chi connectivity index (χ0n) is 16.8. The second kappa shape index (κ2) is 8.16. The van der Waals surface area contributed by atoms with Gasteiger partial charge in [0.05, 0.1) is 17.2 Å². The van der Waals surface area contributed by atoms with E-state index in [1.165, 1.54) is 17.4 Å². The molecule has 3 fully saturated rings. The summed E-state index contributed by atoms with van der Waals surface area (Å²) in [4.78, 5) is 27.9. The lowest BCUT2D eigenvalue weighted by molar-refractivity contribution is -0.137. The molecule has 0 N–H and O–H groups in total. The van der Waals surface area contributed by atoms with Crippen molar-refractivity contribution in [2.75, 3.05) is 6.54 Å². The van der Waals surface area contributed by atoms with E-state index >= 15 is 0 Å². The summed E-state index contributed by atoms with van der Waals surface area (Å²) in [6.45, 7) is 0.621. The van der Waals surface area contributed by atoms with Crippen LogP contribution in [0.4, 0.5) is 13.2 Å². The average molecular weight is 460 g/mol. The van der Waals surface area contributed by atoms with Gasteiger partial charge in [-0.3, -0.25) is 9.78 Å². The van der Waals surface area contributed by atoms with E-state index in [0.29, 0.717) is 22.8 Å². The Hall–Kier alpha value is -3.01. The number of aromatic nitrogens is 3. The van der Waals surface area contributed by atoms with Crippen molar-refractivity contribution in [3.63, 3.8) is 0 Å². The van der Waals surface area contributed by atoms with E-state index in [1.54, 1.807) is 24.5 Å². The predicted molar refractivity (Wildman–Crippen MR) is 111 cm³/mol. The smallest absolute Gasteiger partial charge is 0.417 e. The topological polar surface area (TPSA) is 68.2 Å². The number of halogens is 3. The van der Waals surface area contributed by atoms with Crippen LogP contribution in [0.15, 0.2) is 48.2 Å². The molecule has 3 aromatic rings. The van der Waals surface area contributed by atoms with Crippen LogP contribution in [-0.4, -0.2) is 44.4 Å². The monoisotopic (exact) mass is 460 g/mol. The fraction of sp³-hybridized carbons (Fsp3) is 0.364. The average Bonchev–Trinajstić information content (AvgIpc) is 3.33. The largest absolute Gasteiger partial charge is 0.472 e. The highest BCUT2D eigenvalue weighted by atomic mass is 32.1. The molecule has 166 valence electrons. The van der Waals surface area contributed by atoms with Gasteiger partial charge in [-0.15, -0.1) is 11.3 Å². The van der Waals surface area contributed by atoms with Crippen LogP contribution in [0.5, 0.6) is 5.88 Å². The number of carbonyl (C=O) groups is 1. The molecule has 3 aliphatic rings. The van der Waals surface area contributed by atoms with Crippen LogP contribution in [0.1, 0.15) is 35.2 Å². The van der Waals surface area contributed by atoms with Crippen LogP contribution >= 0.6 is 11.3 Å². The summed E-state index contributed by atoms with van der Waals surface area (Å²) in [6.07, 6.45) is 1.81. The van der Waals surface area contributed by atoms with Gasteiger partial charge >= 0.3 is 6.18 Å². The Balaban J connectivity index is 1.37. The first-order chi connectivity index (χ1) is 15.4. The number of hydrogen-bond acceptors (Lipinski definition) is 6. The minimum atomic E-state index is -4.45. The van der Waals surface area contributed by atoms with E-state index in [0.717, 1.165) is 31.5 Å². The first kappa shape index (κ1) is 20.9. The van der Waals surface area contributed by atoms with Crippen molar-refractivity contribution in [3.05, 3.63) is 59.4 Å². The van der Waals surface area contributed by atoms with Crippen molar-refractivity contribution >= 4 is 17.2 Å². The molecule has 10 heteroatoms. The summed E-state index contributed by atoms with van der Waals surface area (Å²) in [5, 5.41) is 2.51. The maximum Gasteiger partial charge on any atom is 0.417 e. The summed E-state index contributed by atoms with van der Waals surface area (Å²) in [5.41, 5.74) is 0.218. The molecule has 2 aliphatic heterocycles. The third-order valence-corrected chi connectivity index (χ3v) is 6.77. The molecular weight excluding hydrogens is 441 g/mol. The van der Waals surface area contributed by atoms with Gasteiger partial charge in [-0.2, -0.15) is 13.2 Å². The van der Waals surface area contributed by atoms with Crippen LogP contribution in [0, 0.1) is 5.92 Å². The fourth-order valence-corrected chi connectivity index (χ4v) is 5.15. The SMILES string of the molecule is O=C(c1cccnc1-c1nccs1)N1C[C@H]2CC[C@H]1[C@H](Oc1ccc(C(F)(F)F)cn1)C2. The molecule has 1 saturated carbocycles. The number of thiazole rings is 1. The molecular formula is C22H19F3N4O2S. The molecule has 3 aromatic heterocycles. The van der Waals surface area contributed by atoms with E-state index < -0.39 is 11.7 Å². The van der Waals surface area contributed by atoms with Gasteiger partial charge in [0.1, 0.15) is 16.8 Å². The number of amides is 1. The van der Waals surface area contributed by atoms with Crippen molar-refractivity contribution in [1.29, 1.82) is 0 Å². The van der Waals surface area contributed by atoms with E-state index in [1.807, 2.05) is 10.3 Å². The van der Waals surface area contributed by atoms with Gasteiger partial charge in [0.15, 0.2) is 0 Å². The Bertz CT molecular complexity index is 1110. The lowest BCUT2D eigenvalue weighted by Gasteiger charge is -2.49. The van der Waals surface area contributed by atoms with Gasteiger partial charge in [0.25, 0.3) is 5.91 Å². The maximum absolute atomic E-state index is 13.5. The summed E-state index contributed by atoms with van der Waals surface area (Å²) < 4.78 is 44.4. The van der Waals surface area contributed by atoms with Crippen LogP contribution < -0.4 is 4.74 Å². The zero-order chi connectivity index (χ0) is 22.3. The first-order valence-electron chi connectivity index (χ1n) is 10.3. The Morgan fingerprint density at radius 1 is 1.12 bits per heavy atom. The van der Waals surface area contributed by atoms with Gasteiger partial charge in [0, 0.05) is 36.6 Å². The van der Waals surface area contributed by atoms with Crippen molar-refractivity contribution < 1.29 is 22.7 Å². The molecule has 3 atom stereocenters. The third kappa shape index (κ3) is 3.94. The van der Waals surface area contributed by atoms with Crippen molar-refractivity contribution in [2.45, 2.75) is 37.6 Å². The molecule has 0 spiro atoms. The second-order valence-corrected chi connectivity index (χ2v) is 8.87. The molecule has 32 heavy (non-hydrogen) atoms. The number of alkyl halides is 3. The summed E-state index contributed by atoms with van der Waals surface area (Å²) in [5.74, 6) is 0.267. The van der Waals surface area contributed by atoms with Crippen LogP contribution in [-0.2, 0) is 6.18 Å². The normalized spacial score (nSPS) is 22.7. The molecule has 1 aliphatic carbocycles. The molecule has 5 heterocycles. The molecule has 6 rings (SSSR count). The van der Waals surface area contributed by atoms with Gasteiger partial charge in [0.2, 0.25) is 5.88 Å².